The first-order chi connectivity index (χ1) is 13.7. The van der Waals surface area contributed by atoms with E-state index in [0.717, 1.165) is 11.3 Å². The molecule has 0 bridgehead atoms. The van der Waals surface area contributed by atoms with Gasteiger partial charge >= 0.3 is 0 Å². The van der Waals surface area contributed by atoms with Gasteiger partial charge in [-0.2, -0.15) is 0 Å². The first kappa shape index (κ1) is 20.9. The van der Waals surface area contributed by atoms with Gasteiger partial charge in [-0.1, -0.05) is 45.0 Å². The standard InChI is InChI=1S/C24H30N2O3/c1-17-8-7-9-19(16-17)29-21-11-6-5-10-20(21)25-22(27)18-12-14-26(15-13-18)23(28)24(2,3)4/h5-11,16,18H,12-15H2,1-4H3,(H,25,27). The van der Waals surface area contributed by atoms with E-state index in [9.17, 15) is 9.59 Å². The van der Waals surface area contributed by atoms with Crippen molar-refractivity contribution in [3.05, 3.63) is 54.1 Å². The van der Waals surface area contributed by atoms with Crippen LogP contribution in [0.5, 0.6) is 11.5 Å². The highest BCUT2D eigenvalue weighted by atomic mass is 16.5. The molecule has 2 aromatic rings. The van der Waals surface area contributed by atoms with Crippen LogP contribution in [-0.2, 0) is 9.59 Å². The van der Waals surface area contributed by atoms with Gasteiger partial charge in [0.1, 0.15) is 5.75 Å². The lowest BCUT2D eigenvalue weighted by molar-refractivity contribution is -0.142. The molecular weight excluding hydrogens is 364 g/mol. The third-order valence-electron chi connectivity index (χ3n) is 5.16. The maximum atomic E-state index is 12.8. The van der Waals surface area contributed by atoms with E-state index < -0.39 is 0 Å². The first-order valence-corrected chi connectivity index (χ1v) is 10.2. The van der Waals surface area contributed by atoms with Crippen molar-refractivity contribution in [1.82, 2.24) is 4.90 Å². The van der Waals surface area contributed by atoms with Crippen molar-refractivity contribution in [2.45, 2.75) is 40.5 Å². The Hall–Kier alpha value is -2.82. The van der Waals surface area contributed by atoms with Crippen LogP contribution in [0.2, 0.25) is 0 Å². The zero-order valence-corrected chi connectivity index (χ0v) is 17.7. The zero-order chi connectivity index (χ0) is 21.0. The summed E-state index contributed by atoms with van der Waals surface area (Å²) in [6, 6.07) is 15.3. The summed E-state index contributed by atoms with van der Waals surface area (Å²) >= 11 is 0. The molecule has 0 atom stereocenters. The predicted octanol–water partition coefficient (Wildman–Crippen LogP) is 5.01. The molecule has 5 heteroatoms. The fraction of sp³-hybridized carbons (Fsp3) is 0.417. The summed E-state index contributed by atoms with van der Waals surface area (Å²) in [5.74, 6) is 1.37. The molecule has 1 N–H and O–H groups in total. The Morgan fingerprint density at radius 1 is 1.03 bits per heavy atom. The average Bonchev–Trinajstić information content (AvgIpc) is 2.68. The molecule has 2 aromatic carbocycles. The van der Waals surface area contributed by atoms with Crippen LogP contribution >= 0.6 is 0 Å². The van der Waals surface area contributed by atoms with Crippen LogP contribution in [0.4, 0.5) is 5.69 Å². The topological polar surface area (TPSA) is 58.6 Å². The van der Waals surface area contributed by atoms with E-state index in [1.54, 1.807) is 0 Å². The third kappa shape index (κ3) is 5.37. The molecule has 0 radical (unpaired) electrons. The molecule has 29 heavy (non-hydrogen) atoms. The minimum atomic E-state index is -0.388. The number of nitrogens with zero attached hydrogens (tertiary/aromatic N) is 1. The van der Waals surface area contributed by atoms with Crippen molar-refractivity contribution in [1.29, 1.82) is 0 Å². The van der Waals surface area contributed by atoms with Crippen LogP contribution in [0.15, 0.2) is 48.5 Å². The molecule has 1 saturated heterocycles. The number of amides is 2. The number of likely N-dealkylation sites (tertiary alicyclic amines) is 1. The summed E-state index contributed by atoms with van der Waals surface area (Å²) in [6.07, 6.45) is 1.35. The number of anilines is 1. The summed E-state index contributed by atoms with van der Waals surface area (Å²) in [7, 11) is 0. The van der Waals surface area contributed by atoms with Crippen LogP contribution in [-0.4, -0.2) is 29.8 Å². The lowest BCUT2D eigenvalue weighted by Gasteiger charge is -2.35. The Morgan fingerprint density at radius 3 is 2.38 bits per heavy atom. The fourth-order valence-corrected chi connectivity index (χ4v) is 3.52. The van der Waals surface area contributed by atoms with Gasteiger partial charge in [-0.25, -0.2) is 0 Å². The monoisotopic (exact) mass is 394 g/mol. The lowest BCUT2D eigenvalue weighted by atomic mass is 9.90. The van der Waals surface area contributed by atoms with Crippen LogP contribution in [0, 0.1) is 18.3 Å². The van der Waals surface area contributed by atoms with Crippen molar-refractivity contribution in [2.24, 2.45) is 11.3 Å². The van der Waals surface area contributed by atoms with E-state index in [1.165, 1.54) is 0 Å². The third-order valence-corrected chi connectivity index (χ3v) is 5.16. The van der Waals surface area contributed by atoms with Gasteiger partial charge in [0, 0.05) is 24.4 Å². The van der Waals surface area contributed by atoms with E-state index in [4.69, 9.17) is 4.74 Å². The molecule has 0 spiro atoms. The predicted molar refractivity (Wildman–Crippen MR) is 115 cm³/mol. The second kappa shape index (κ2) is 8.68. The molecule has 1 aliphatic heterocycles. The highest BCUT2D eigenvalue weighted by Gasteiger charge is 2.32. The molecule has 2 amide bonds. The van der Waals surface area contributed by atoms with Crippen molar-refractivity contribution in [3.63, 3.8) is 0 Å². The largest absolute Gasteiger partial charge is 0.455 e. The second-order valence-corrected chi connectivity index (χ2v) is 8.72. The van der Waals surface area contributed by atoms with Crippen molar-refractivity contribution < 1.29 is 14.3 Å². The number of piperidine rings is 1. The Bertz CT molecular complexity index is 878. The number of para-hydroxylation sites is 2. The van der Waals surface area contributed by atoms with Crippen molar-refractivity contribution in [2.75, 3.05) is 18.4 Å². The smallest absolute Gasteiger partial charge is 0.227 e. The number of carbonyl (C=O) groups is 2. The number of aryl methyl sites for hydroxylation is 1. The quantitative estimate of drug-likeness (QED) is 0.793. The van der Waals surface area contributed by atoms with E-state index in [2.05, 4.69) is 5.32 Å². The number of hydrogen-bond acceptors (Lipinski definition) is 3. The number of rotatable bonds is 4. The molecule has 1 heterocycles. The van der Waals surface area contributed by atoms with E-state index in [1.807, 2.05) is 81.1 Å². The van der Waals surface area contributed by atoms with E-state index >= 15 is 0 Å². The van der Waals surface area contributed by atoms with Gasteiger partial charge < -0.3 is 15.0 Å². The highest BCUT2D eigenvalue weighted by molar-refractivity contribution is 5.94. The van der Waals surface area contributed by atoms with Gasteiger partial charge in [-0.15, -0.1) is 0 Å². The zero-order valence-electron chi connectivity index (χ0n) is 17.7. The van der Waals surface area contributed by atoms with Gasteiger partial charge in [0.25, 0.3) is 0 Å². The number of nitrogens with one attached hydrogen (secondary N) is 1. The van der Waals surface area contributed by atoms with Crippen molar-refractivity contribution in [3.8, 4) is 11.5 Å². The van der Waals surface area contributed by atoms with E-state index in [0.29, 0.717) is 37.4 Å². The SMILES string of the molecule is Cc1cccc(Oc2ccccc2NC(=O)C2CCN(C(=O)C(C)(C)C)CC2)c1. The second-order valence-electron chi connectivity index (χ2n) is 8.72. The van der Waals surface area contributed by atoms with Crippen LogP contribution in [0.25, 0.3) is 0 Å². The normalized spacial score (nSPS) is 15.1. The Labute approximate surface area is 173 Å². The molecule has 5 nitrogen and oxygen atoms in total. The first-order valence-electron chi connectivity index (χ1n) is 10.2. The molecule has 0 aliphatic carbocycles. The fourth-order valence-electron chi connectivity index (χ4n) is 3.52. The summed E-state index contributed by atoms with van der Waals surface area (Å²) < 4.78 is 6.00. The molecule has 0 unspecified atom stereocenters. The summed E-state index contributed by atoms with van der Waals surface area (Å²) in [6.45, 7) is 9.04. The number of ether oxygens (including phenoxy) is 1. The van der Waals surface area contributed by atoms with Crippen LogP contribution < -0.4 is 10.1 Å². The Balaban J connectivity index is 1.62. The highest BCUT2D eigenvalue weighted by Crippen LogP contribution is 2.31. The summed E-state index contributed by atoms with van der Waals surface area (Å²) in [4.78, 5) is 27.1. The maximum absolute atomic E-state index is 12.8. The minimum Gasteiger partial charge on any atom is -0.455 e. The maximum Gasteiger partial charge on any atom is 0.227 e. The Kier molecular flexibility index (Phi) is 6.26. The van der Waals surface area contributed by atoms with Gasteiger partial charge in [-0.05, 0) is 49.6 Å². The van der Waals surface area contributed by atoms with Gasteiger partial charge in [-0.3, -0.25) is 9.59 Å². The summed E-state index contributed by atoms with van der Waals surface area (Å²) in [5, 5.41) is 3.02. The molecule has 154 valence electrons. The lowest BCUT2D eigenvalue weighted by Crippen LogP contribution is -2.45. The molecule has 1 fully saturated rings. The average molecular weight is 395 g/mol. The van der Waals surface area contributed by atoms with Gasteiger partial charge in [0.2, 0.25) is 11.8 Å². The minimum absolute atomic E-state index is 0.0202. The molecule has 0 aromatic heterocycles. The van der Waals surface area contributed by atoms with Crippen molar-refractivity contribution >= 4 is 17.5 Å². The van der Waals surface area contributed by atoms with Crippen LogP contribution in [0.1, 0.15) is 39.2 Å². The Morgan fingerprint density at radius 2 is 1.72 bits per heavy atom. The van der Waals surface area contributed by atoms with Gasteiger partial charge in [0.15, 0.2) is 5.75 Å². The number of carbonyl (C=O) groups excluding carboxylic acids is 2. The summed E-state index contributed by atoms with van der Waals surface area (Å²) in [5.41, 5.74) is 1.38. The number of benzene rings is 2. The number of hydrogen-bond donors (Lipinski definition) is 1. The van der Waals surface area contributed by atoms with Crippen LogP contribution in [0.3, 0.4) is 0 Å². The van der Waals surface area contributed by atoms with E-state index in [-0.39, 0.29) is 23.1 Å². The van der Waals surface area contributed by atoms with Gasteiger partial charge in [0.05, 0.1) is 5.69 Å². The molecule has 0 saturated carbocycles. The molecular formula is C24H30N2O3. The molecule has 1 aliphatic rings. The molecule has 3 rings (SSSR count).